The molecule has 5 rings (SSSR count). The molecule has 0 spiro atoms. The van der Waals surface area contributed by atoms with Crippen LogP contribution in [0.4, 0.5) is 4.79 Å². The Morgan fingerprint density at radius 3 is 2.67 bits per heavy atom. The molecular weight excluding hydrogens is 510 g/mol. The van der Waals surface area contributed by atoms with Crippen molar-refractivity contribution in [1.29, 1.82) is 0 Å². The molecule has 3 amide bonds. The summed E-state index contributed by atoms with van der Waals surface area (Å²) in [4.78, 5) is 34.2. The quantitative estimate of drug-likeness (QED) is 0.466. The summed E-state index contributed by atoms with van der Waals surface area (Å²) in [5, 5.41) is 1.11. The lowest BCUT2D eigenvalue weighted by Crippen LogP contribution is -2.44. The summed E-state index contributed by atoms with van der Waals surface area (Å²) in [6.45, 7) is 7.24. The van der Waals surface area contributed by atoms with Gasteiger partial charge in [0.25, 0.3) is 5.91 Å². The molecule has 208 valence electrons. The number of rotatable bonds is 4. The zero-order valence-electron chi connectivity index (χ0n) is 23.4. The zero-order chi connectivity index (χ0) is 27.5. The third kappa shape index (κ3) is 5.63. The first-order valence-electron chi connectivity index (χ1n) is 14.0. The van der Waals surface area contributed by atoms with Crippen molar-refractivity contribution in [2.75, 3.05) is 46.9 Å². The van der Waals surface area contributed by atoms with E-state index >= 15 is 0 Å². The number of carbonyl (C=O) groups excluding carboxylic acids is 2. The molecular formula is C31H39N3O4S. The number of hydrogen-bond acceptors (Lipinski definition) is 5. The smallest absolute Gasteiger partial charge is 0.324 e. The van der Waals surface area contributed by atoms with E-state index in [0.717, 1.165) is 51.3 Å². The molecule has 1 aromatic heterocycles. The van der Waals surface area contributed by atoms with E-state index in [0.29, 0.717) is 39.1 Å². The summed E-state index contributed by atoms with van der Waals surface area (Å²) in [6.07, 6.45) is 7.22. The van der Waals surface area contributed by atoms with Crippen molar-refractivity contribution in [2.24, 2.45) is 5.92 Å². The number of carbonyl (C=O) groups is 2. The number of benzene rings is 1. The van der Waals surface area contributed by atoms with Crippen LogP contribution in [0.25, 0.3) is 10.1 Å². The first-order chi connectivity index (χ1) is 18.9. The molecule has 1 saturated heterocycles. The number of methoxy groups -OCH3 is 2. The predicted octanol–water partition coefficient (Wildman–Crippen LogP) is 6.05. The van der Waals surface area contributed by atoms with Gasteiger partial charge in [0.05, 0.1) is 30.4 Å². The highest BCUT2D eigenvalue weighted by atomic mass is 32.1. The summed E-state index contributed by atoms with van der Waals surface area (Å²) in [5.41, 5.74) is 3.35. The van der Waals surface area contributed by atoms with Crippen molar-refractivity contribution < 1.29 is 19.1 Å². The molecule has 3 heterocycles. The minimum absolute atomic E-state index is 0.0286. The van der Waals surface area contributed by atoms with Gasteiger partial charge in [0.15, 0.2) is 0 Å². The molecule has 0 N–H and O–H groups in total. The van der Waals surface area contributed by atoms with Gasteiger partial charge in [-0.1, -0.05) is 31.2 Å². The highest BCUT2D eigenvalue weighted by Gasteiger charge is 2.34. The van der Waals surface area contributed by atoms with E-state index in [1.807, 2.05) is 39.8 Å². The molecule has 3 aliphatic rings. The van der Waals surface area contributed by atoms with E-state index in [9.17, 15) is 9.59 Å². The Morgan fingerprint density at radius 2 is 1.92 bits per heavy atom. The first kappa shape index (κ1) is 27.5. The van der Waals surface area contributed by atoms with E-state index in [2.05, 4.69) is 31.2 Å². The number of fused-ring (bicyclic) bond motifs is 2. The normalized spacial score (nSPS) is 23.0. The van der Waals surface area contributed by atoms with E-state index in [4.69, 9.17) is 9.47 Å². The number of hydrogen-bond donors (Lipinski definition) is 0. The second-order valence-corrected chi connectivity index (χ2v) is 11.6. The van der Waals surface area contributed by atoms with Crippen LogP contribution in [0.3, 0.4) is 0 Å². The molecule has 0 radical (unpaired) electrons. The molecule has 1 aliphatic carbocycles. The second-order valence-electron chi connectivity index (χ2n) is 10.5. The van der Waals surface area contributed by atoms with E-state index in [1.165, 1.54) is 5.57 Å². The van der Waals surface area contributed by atoms with Gasteiger partial charge in [-0.15, -0.1) is 11.3 Å². The Hall–Kier alpha value is -3.10. The maximum Gasteiger partial charge on any atom is 0.324 e. The maximum atomic E-state index is 13.9. The third-order valence-electron chi connectivity index (χ3n) is 8.12. The fourth-order valence-electron chi connectivity index (χ4n) is 6.08. The van der Waals surface area contributed by atoms with Gasteiger partial charge in [-0.05, 0) is 60.9 Å². The second kappa shape index (κ2) is 12.0. The molecule has 1 fully saturated rings. The molecule has 1 aromatic carbocycles. The van der Waals surface area contributed by atoms with Crippen LogP contribution in [0.5, 0.6) is 0 Å². The summed E-state index contributed by atoms with van der Waals surface area (Å²) < 4.78 is 12.6. The lowest BCUT2D eigenvalue weighted by molar-refractivity contribution is 0.0754. The average molecular weight is 550 g/mol. The number of nitrogens with zero attached hydrogens (tertiary/aromatic N) is 3. The lowest BCUT2D eigenvalue weighted by atomic mass is 9.85. The van der Waals surface area contributed by atoms with Crippen molar-refractivity contribution in [3.8, 4) is 0 Å². The molecule has 0 bridgehead atoms. The van der Waals surface area contributed by atoms with Crippen LogP contribution in [-0.2, 0) is 9.47 Å². The monoisotopic (exact) mass is 549 g/mol. The molecule has 2 unspecified atom stereocenters. The van der Waals surface area contributed by atoms with Gasteiger partial charge in [-0.3, -0.25) is 9.69 Å². The van der Waals surface area contributed by atoms with Gasteiger partial charge >= 0.3 is 6.03 Å². The van der Waals surface area contributed by atoms with E-state index in [1.54, 1.807) is 25.6 Å². The minimum Gasteiger partial charge on any atom is -0.501 e. The van der Waals surface area contributed by atoms with Crippen molar-refractivity contribution in [3.05, 3.63) is 70.0 Å². The topological polar surface area (TPSA) is 62.3 Å². The van der Waals surface area contributed by atoms with Crippen LogP contribution in [0.15, 0.2) is 65.1 Å². The number of amides is 3. The molecule has 39 heavy (non-hydrogen) atoms. The molecule has 2 aromatic rings. The van der Waals surface area contributed by atoms with Crippen LogP contribution < -0.4 is 0 Å². The Bertz CT molecular complexity index is 1290. The van der Waals surface area contributed by atoms with E-state index < -0.39 is 0 Å². The molecule has 7 nitrogen and oxygen atoms in total. The lowest BCUT2D eigenvalue weighted by Gasteiger charge is -2.32. The van der Waals surface area contributed by atoms with E-state index in [-0.39, 0.29) is 24.0 Å². The fourth-order valence-corrected chi connectivity index (χ4v) is 7.11. The molecule has 2 atom stereocenters. The van der Waals surface area contributed by atoms with Crippen LogP contribution in [0.2, 0.25) is 0 Å². The fraction of sp³-hybridized carbons (Fsp3) is 0.484. The van der Waals surface area contributed by atoms with Crippen LogP contribution in [0.1, 0.15) is 49.2 Å². The van der Waals surface area contributed by atoms with Gasteiger partial charge in [0.2, 0.25) is 0 Å². The highest BCUT2D eigenvalue weighted by Crippen LogP contribution is 2.37. The van der Waals surface area contributed by atoms with Crippen molar-refractivity contribution >= 4 is 33.4 Å². The van der Waals surface area contributed by atoms with Crippen LogP contribution in [-0.4, -0.2) is 79.7 Å². The molecule has 8 heteroatoms. The summed E-state index contributed by atoms with van der Waals surface area (Å²) in [5.74, 6) is 1.09. The van der Waals surface area contributed by atoms with Gasteiger partial charge in [0.1, 0.15) is 0 Å². The maximum absolute atomic E-state index is 13.9. The third-order valence-corrected chi connectivity index (χ3v) is 9.22. The number of urea groups is 1. The Labute approximate surface area is 235 Å². The Kier molecular flexibility index (Phi) is 8.43. The summed E-state index contributed by atoms with van der Waals surface area (Å²) in [6, 6.07) is 10.2. The van der Waals surface area contributed by atoms with Gasteiger partial charge < -0.3 is 19.3 Å². The highest BCUT2D eigenvalue weighted by molar-refractivity contribution is 7.20. The number of allylic oxidation sites excluding steroid dienone is 2. The van der Waals surface area contributed by atoms with Crippen molar-refractivity contribution in [3.63, 3.8) is 0 Å². The Morgan fingerprint density at radius 1 is 1.13 bits per heavy atom. The number of ether oxygens (including phenoxy) is 2. The Balaban J connectivity index is 1.43. The largest absolute Gasteiger partial charge is 0.501 e. The molecule has 2 aliphatic heterocycles. The van der Waals surface area contributed by atoms with Crippen LogP contribution >= 0.6 is 11.3 Å². The standard InChI is InChI=1S/C31H39N3O4S/c1-5-32-14-9-15-33(30(35)28-18-22-10-6-7-12-27(22)39-28)13-8-11-24-16-21(2)29-23(20-34(24)31(32)36)17-25(37-3)19-26(29)38-4/h6-7,10,12,16-18,21,26H,5,8-9,11,13-15,19-20H2,1-4H3. The minimum atomic E-state index is -0.0712. The number of thiophene rings is 1. The van der Waals surface area contributed by atoms with Crippen molar-refractivity contribution in [1.82, 2.24) is 14.7 Å². The molecule has 0 saturated carbocycles. The first-order valence-corrected chi connectivity index (χ1v) is 14.8. The summed E-state index contributed by atoms with van der Waals surface area (Å²) in [7, 11) is 3.43. The van der Waals surface area contributed by atoms with Gasteiger partial charge in [0, 0.05) is 56.0 Å². The zero-order valence-corrected chi connectivity index (χ0v) is 24.3. The predicted molar refractivity (Wildman–Crippen MR) is 156 cm³/mol. The van der Waals surface area contributed by atoms with Gasteiger partial charge in [-0.25, -0.2) is 4.79 Å². The van der Waals surface area contributed by atoms with Crippen LogP contribution in [0, 0.1) is 5.92 Å². The average Bonchev–Trinajstić information content (AvgIpc) is 3.32. The summed E-state index contributed by atoms with van der Waals surface area (Å²) >= 11 is 1.56. The van der Waals surface area contributed by atoms with Gasteiger partial charge in [-0.2, -0.15) is 0 Å². The van der Waals surface area contributed by atoms with Crippen molar-refractivity contribution in [2.45, 2.75) is 45.6 Å². The SMILES string of the molecule is CCN1CCCN(C(=O)c2cc3ccccc3s2)CCCC2=CC(C)C3=C(C=C(OC)CC3OC)CN2C1=O.